The second kappa shape index (κ2) is 19.8. The van der Waals surface area contributed by atoms with E-state index in [1.807, 2.05) is 20.8 Å². The number of aliphatic hydroxyl groups is 3. The average molecular weight is 548 g/mol. The molecule has 11 nitrogen and oxygen atoms in total. The second-order valence-electron chi connectivity index (χ2n) is 10.6. The predicted molar refractivity (Wildman–Crippen MR) is 140 cm³/mol. The molecular weight excluding hydrogens is 498 g/mol. The number of carbonyl (C=O) groups excluding carboxylic acids is 2. The molecule has 38 heavy (non-hydrogen) atoms. The maximum Gasteiger partial charge on any atom is 0.307 e. The molecule has 1 amide bonds. The molecule has 0 aliphatic carbocycles. The maximum atomic E-state index is 12.4. The van der Waals surface area contributed by atoms with Crippen molar-refractivity contribution in [1.82, 2.24) is 5.32 Å². The lowest BCUT2D eigenvalue weighted by atomic mass is 9.89. The molecule has 0 fully saturated rings. The van der Waals surface area contributed by atoms with Gasteiger partial charge < -0.3 is 35.6 Å². The molecule has 0 heterocycles. The molecule has 0 radical (unpaired) electrons. The highest BCUT2D eigenvalue weighted by atomic mass is 16.6. The third-order valence-electron chi connectivity index (χ3n) is 6.79. The Morgan fingerprint density at radius 3 is 1.97 bits per heavy atom. The Morgan fingerprint density at radius 1 is 0.842 bits per heavy atom. The topological polar surface area (TPSA) is 191 Å². The lowest BCUT2D eigenvalue weighted by Crippen LogP contribution is -2.38. The van der Waals surface area contributed by atoms with Crippen LogP contribution in [0.5, 0.6) is 0 Å². The van der Waals surface area contributed by atoms with Crippen molar-refractivity contribution >= 4 is 23.8 Å². The Bertz CT molecular complexity index is 716. The van der Waals surface area contributed by atoms with E-state index in [-0.39, 0.29) is 30.7 Å². The van der Waals surface area contributed by atoms with Gasteiger partial charge in [0.1, 0.15) is 6.10 Å². The highest BCUT2D eigenvalue weighted by Gasteiger charge is 2.32. The summed E-state index contributed by atoms with van der Waals surface area (Å²) in [4.78, 5) is 45.3. The van der Waals surface area contributed by atoms with Crippen molar-refractivity contribution in [2.24, 2.45) is 17.8 Å². The number of carboxylic acid groups (broad SMARTS) is 2. The summed E-state index contributed by atoms with van der Waals surface area (Å²) in [7, 11) is 0. The van der Waals surface area contributed by atoms with Gasteiger partial charge in [0.2, 0.25) is 5.91 Å². The molecule has 0 spiro atoms. The molecule has 0 saturated heterocycles. The van der Waals surface area contributed by atoms with E-state index < -0.39 is 61.1 Å². The summed E-state index contributed by atoms with van der Waals surface area (Å²) in [5.74, 6) is -5.14. The monoisotopic (exact) mass is 547 g/mol. The van der Waals surface area contributed by atoms with E-state index >= 15 is 0 Å². The number of ether oxygens (including phenoxy) is 1. The number of aliphatic hydroxyl groups excluding tert-OH is 3. The Hall–Kier alpha value is -2.24. The summed E-state index contributed by atoms with van der Waals surface area (Å²) in [6.07, 6.45) is 1.92. The van der Waals surface area contributed by atoms with Crippen LogP contribution in [-0.2, 0) is 23.9 Å². The molecule has 0 aromatic carbocycles. The van der Waals surface area contributed by atoms with Crippen LogP contribution in [0.2, 0.25) is 0 Å². The molecule has 0 aliphatic heterocycles. The van der Waals surface area contributed by atoms with E-state index in [0.29, 0.717) is 19.3 Å². The third-order valence-corrected chi connectivity index (χ3v) is 6.79. The van der Waals surface area contributed by atoms with Crippen LogP contribution < -0.4 is 5.32 Å². The summed E-state index contributed by atoms with van der Waals surface area (Å²) in [5, 5.41) is 51.2. The first-order valence-electron chi connectivity index (χ1n) is 13.7. The molecule has 0 saturated carbocycles. The Kier molecular flexibility index (Phi) is 18.6. The highest BCUT2D eigenvalue weighted by molar-refractivity contribution is 5.82. The van der Waals surface area contributed by atoms with Crippen LogP contribution in [0.4, 0.5) is 0 Å². The van der Waals surface area contributed by atoms with Crippen molar-refractivity contribution in [1.29, 1.82) is 0 Å². The number of rotatable bonds is 22. The first-order chi connectivity index (χ1) is 17.8. The second-order valence-corrected chi connectivity index (χ2v) is 10.6. The minimum atomic E-state index is -1.39. The van der Waals surface area contributed by atoms with E-state index in [1.54, 1.807) is 0 Å². The van der Waals surface area contributed by atoms with E-state index in [4.69, 9.17) is 14.9 Å². The minimum Gasteiger partial charge on any atom is -0.481 e. The van der Waals surface area contributed by atoms with Crippen molar-refractivity contribution in [3.63, 3.8) is 0 Å². The molecule has 0 bridgehead atoms. The van der Waals surface area contributed by atoms with Crippen molar-refractivity contribution in [3.8, 4) is 0 Å². The molecule has 7 atom stereocenters. The van der Waals surface area contributed by atoms with Crippen LogP contribution in [-0.4, -0.2) is 80.3 Å². The van der Waals surface area contributed by atoms with Crippen molar-refractivity contribution < 1.29 is 49.4 Å². The van der Waals surface area contributed by atoms with Crippen LogP contribution in [0.1, 0.15) is 98.3 Å². The van der Waals surface area contributed by atoms with Gasteiger partial charge in [-0.15, -0.1) is 0 Å². The Morgan fingerprint density at radius 2 is 1.45 bits per heavy atom. The van der Waals surface area contributed by atoms with Gasteiger partial charge in [-0.05, 0) is 31.1 Å². The predicted octanol–water partition coefficient (Wildman–Crippen LogP) is 2.49. The van der Waals surface area contributed by atoms with Gasteiger partial charge in [-0.1, -0.05) is 52.9 Å². The number of aliphatic carboxylic acids is 2. The summed E-state index contributed by atoms with van der Waals surface area (Å²) in [6.45, 7) is 7.24. The molecule has 0 aromatic heterocycles. The Balaban J connectivity index is 4.45. The number of carboxylic acids is 2. The largest absolute Gasteiger partial charge is 0.481 e. The SMILES string of the molecule is CC[C@@H](C)[C@@H](OC(=O)C[C@@H](CC(=O)O)C(=O)O)[C@@H](O)C[C@@H](C)CCCCCC[C@H](O)C[C@@H](O)CNC(C)=O. The zero-order valence-electron chi connectivity index (χ0n) is 23.3. The van der Waals surface area contributed by atoms with E-state index in [1.165, 1.54) is 6.92 Å². The first-order valence-corrected chi connectivity index (χ1v) is 13.7. The standard InChI is InChI=1S/C27H49NO10/c1-5-18(3)26(38-25(35)14-20(27(36)37)13-24(33)34)23(32)12-17(2)10-8-6-7-9-11-21(30)15-22(31)16-28-19(4)29/h17-18,20-23,26,30-32H,5-16H2,1-4H3,(H,28,29)(H,33,34)(H,36,37)/t17-,18+,20+,21-,22+,23-,26+/m0/s1. The highest BCUT2D eigenvalue weighted by Crippen LogP contribution is 2.24. The van der Waals surface area contributed by atoms with Gasteiger partial charge in [0.25, 0.3) is 0 Å². The number of amides is 1. The quantitative estimate of drug-likeness (QED) is 0.0867. The normalized spacial score (nSPS) is 16.9. The van der Waals surface area contributed by atoms with Gasteiger partial charge in [-0.2, -0.15) is 0 Å². The van der Waals surface area contributed by atoms with Gasteiger partial charge in [0.15, 0.2) is 0 Å². The molecule has 222 valence electrons. The molecule has 0 aliphatic rings. The van der Waals surface area contributed by atoms with Crippen LogP contribution in [0.25, 0.3) is 0 Å². The van der Waals surface area contributed by atoms with Gasteiger partial charge in [0, 0.05) is 19.9 Å². The Labute approximate surface area is 226 Å². The smallest absolute Gasteiger partial charge is 0.307 e. The fourth-order valence-corrected chi connectivity index (χ4v) is 4.33. The van der Waals surface area contributed by atoms with Crippen LogP contribution in [0, 0.1) is 17.8 Å². The van der Waals surface area contributed by atoms with E-state index in [2.05, 4.69) is 5.32 Å². The first kappa shape index (κ1) is 35.8. The third kappa shape index (κ3) is 17.3. The molecule has 0 rings (SSSR count). The minimum absolute atomic E-state index is 0.126. The number of esters is 1. The van der Waals surface area contributed by atoms with Crippen molar-refractivity contribution in [3.05, 3.63) is 0 Å². The fourth-order valence-electron chi connectivity index (χ4n) is 4.33. The van der Waals surface area contributed by atoms with Crippen LogP contribution >= 0.6 is 0 Å². The summed E-state index contributed by atoms with van der Waals surface area (Å²) in [5.41, 5.74) is 0. The lowest BCUT2D eigenvalue weighted by Gasteiger charge is -2.30. The molecular formula is C27H49NO10. The van der Waals surface area contributed by atoms with Gasteiger partial charge in [-0.3, -0.25) is 19.2 Å². The van der Waals surface area contributed by atoms with Crippen LogP contribution in [0.15, 0.2) is 0 Å². The van der Waals surface area contributed by atoms with Gasteiger partial charge in [0.05, 0.1) is 37.1 Å². The van der Waals surface area contributed by atoms with Gasteiger partial charge >= 0.3 is 17.9 Å². The zero-order valence-corrected chi connectivity index (χ0v) is 23.3. The summed E-state index contributed by atoms with van der Waals surface area (Å²) >= 11 is 0. The zero-order chi connectivity index (χ0) is 29.3. The lowest BCUT2D eigenvalue weighted by molar-refractivity contribution is -0.164. The summed E-state index contributed by atoms with van der Waals surface area (Å²) in [6, 6.07) is 0. The molecule has 6 N–H and O–H groups in total. The maximum absolute atomic E-state index is 12.4. The average Bonchev–Trinajstić information content (AvgIpc) is 2.81. The van der Waals surface area contributed by atoms with Crippen molar-refractivity contribution in [2.45, 2.75) is 123 Å². The van der Waals surface area contributed by atoms with E-state index in [0.717, 1.165) is 32.1 Å². The number of nitrogens with one attached hydrogen (secondary N) is 1. The fraction of sp³-hybridized carbons (Fsp3) is 0.852. The van der Waals surface area contributed by atoms with Crippen molar-refractivity contribution in [2.75, 3.05) is 6.54 Å². The van der Waals surface area contributed by atoms with Crippen LogP contribution in [0.3, 0.4) is 0 Å². The molecule has 11 heteroatoms. The van der Waals surface area contributed by atoms with E-state index in [9.17, 15) is 34.5 Å². The van der Waals surface area contributed by atoms with Gasteiger partial charge in [-0.25, -0.2) is 0 Å². The molecule has 0 unspecified atom stereocenters. The number of hydrogen-bond donors (Lipinski definition) is 6. The number of hydrogen-bond acceptors (Lipinski definition) is 8. The molecule has 0 aromatic rings. The number of carbonyl (C=O) groups is 4. The summed E-state index contributed by atoms with van der Waals surface area (Å²) < 4.78 is 5.46. The number of unbranched alkanes of at least 4 members (excludes halogenated alkanes) is 3.